The zero-order chi connectivity index (χ0) is 16.8. The van der Waals surface area contributed by atoms with Gasteiger partial charge in [-0.05, 0) is 64.3 Å². The third-order valence-corrected chi connectivity index (χ3v) is 4.56. The number of esters is 1. The number of piperidine rings is 1. The molecule has 0 aliphatic carbocycles. The van der Waals surface area contributed by atoms with Crippen LogP contribution in [0.1, 0.15) is 40.0 Å². The van der Waals surface area contributed by atoms with E-state index < -0.39 is 0 Å². The molecule has 5 nitrogen and oxygen atoms in total. The molecule has 1 aliphatic rings. The van der Waals surface area contributed by atoms with Crippen molar-refractivity contribution in [1.29, 1.82) is 0 Å². The fraction of sp³-hybridized carbons (Fsp3) is 0.529. The second-order valence-corrected chi connectivity index (χ2v) is 6.73. The third kappa shape index (κ3) is 4.70. The molecular weight excluding hydrogens is 358 g/mol. The Kier molecular flexibility index (Phi) is 6.45. The first kappa shape index (κ1) is 17.8. The number of carbonyl (C=O) groups excluding carboxylic acids is 1. The lowest BCUT2D eigenvalue weighted by atomic mass is 9.97. The van der Waals surface area contributed by atoms with Crippen molar-refractivity contribution in [2.45, 2.75) is 52.1 Å². The van der Waals surface area contributed by atoms with E-state index in [0.29, 0.717) is 12.4 Å². The van der Waals surface area contributed by atoms with E-state index in [4.69, 9.17) is 4.74 Å². The second kappa shape index (κ2) is 8.34. The van der Waals surface area contributed by atoms with E-state index in [-0.39, 0.29) is 18.1 Å². The molecule has 1 fully saturated rings. The number of rotatable bonds is 3. The largest absolute Gasteiger partial charge is 0.460 e. The summed E-state index contributed by atoms with van der Waals surface area (Å²) in [5, 5.41) is 4.37. The Balaban J connectivity index is 2.23. The van der Waals surface area contributed by atoms with Crippen molar-refractivity contribution in [2.75, 3.05) is 12.0 Å². The van der Waals surface area contributed by atoms with E-state index in [9.17, 15) is 4.79 Å². The van der Waals surface area contributed by atoms with E-state index in [1.54, 1.807) is 6.92 Å². The summed E-state index contributed by atoms with van der Waals surface area (Å²) >= 11 is 3.40. The van der Waals surface area contributed by atoms with Gasteiger partial charge >= 0.3 is 5.97 Å². The molecule has 23 heavy (non-hydrogen) atoms. The Morgan fingerprint density at radius 2 is 1.91 bits per heavy atom. The van der Waals surface area contributed by atoms with Gasteiger partial charge in [-0.3, -0.25) is 5.43 Å². The zero-order valence-corrected chi connectivity index (χ0v) is 15.5. The summed E-state index contributed by atoms with van der Waals surface area (Å²) in [6.07, 6.45) is 3.29. The van der Waals surface area contributed by atoms with E-state index in [1.165, 1.54) is 6.42 Å². The van der Waals surface area contributed by atoms with Crippen molar-refractivity contribution in [2.24, 2.45) is 5.10 Å². The molecule has 1 aliphatic heterocycles. The monoisotopic (exact) mass is 381 g/mol. The van der Waals surface area contributed by atoms with Gasteiger partial charge in [0.2, 0.25) is 5.84 Å². The normalized spacial score (nSPS) is 21.9. The molecule has 1 aromatic carbocycles. The Morgan fingerprint density at radius 1 is 1.30 bits per heavy atom. The van der Waals surface area contributed by atoms with Crippen molar-refractivity contribution < 1.29 is 9.53 Å². The molecule has 0 spiro atoms. The maximum absolute atomic E-state index is 12.4. The van der Waals surface area contributed by atoms with E-state index in [2.05, 4.69) is 45.2 Å². The van der Waals surface area contributed by atoms with Gasteiger partial charge in [0.1, 0.15) is 0 Å². The maximum atomic E-state index is 12.4. The standard InChI is InChI=1S/C17H24BrN3O2/c1-4-23-17(22)16(21-12(2)6-5-7-13(21)3)20-19-15-10-8-14(18)9-11-15/h8-13,19H,4-7H2,1-3H3/b20-16-. The molecule has 0 amide bonds. The number of hydrazone groups is 1. The lowest BCUT2D eigenvalue weighted by Crippen LogP contribution is -2.51. The van der Waals surface area contributed by atoms with Crippen LogP contribution in [-0.2, 0) is 9.53 Å². The topological polar surface area (TPSA) is 53.9 Å². The van der Waals surface area contributed by atoms with Crippen molar-refractivity contribution in [1.82, 2.24) is 4.90 Å². The van der Waals surface area contributed by atoms with Gasteiger partial charge in [0.05, 0.1) is 12.3 Å². The molecule has 6 heteroatoms. The molecule has 0 bridgehead atoms. The molecule has 1 saturated heterocycles. The van der Waals surface area contributed by atoms with E-state index in [1.807, 2.05) is 24.3 Å². The fourth-order valence-corrected chi connectivity index (χ4v) is 3.15. The maximum Gasteiger partial charge on any atom is 0.376 e. The number of halogens is 1. The minimum atomic E-state index is -0.377. The zero-order valence-electron chi connectivity index (χ0n) is 13.9. The summed E-state index contributed by atoms with van der Waals surface area (Å²) in [6, 6.07) is 8.20. The van der Waals surface area contributed by atoms with Gasteiger partial charge in [-0.15, -0.1) is 5.10 Å². The van der Waals surface area contributed by atoms with Crippen LogP contribution in [0.25, 0.3) is 0 Å². The van der Waals surface area contributed by atoms with Crippen LogP contribution in [0.2, 0.25) is 0 Å². The van der Waals surface area contributed by atoms with Crippen molar-refractivity contribution in [3.05, 3.63) is 28.7 Å². The number of benzene rings is 1. The van der Waals surface area contributed by atoms with E-state index >= 15 is 0 Å². The van der Waals surface area contributed by atoms with Gasteiger partial charge < -0.3 is 9.64 Å². The Labute approximate surface area is 146 Å². The quantitative estimate of drug-likeness (QED) is 0.372. The van der Waals surface area contributed by atoms with Crippen molar-refractivity contribution >= 4 is 33.4 Å². The van der Waals surface area contributed by atoms with Gasteiger partial charge in [0.15, 0.2) is 0 Å². The molecule has 0 radical (unpaired) electrons. The highest BCUT2D eigenvalue weighted by Crippen LogP contribution is 2.23. The molecule has 126 valence electrons. The third-order valence-electron chi connectivity index (χ3n) is 4.03. The minimum Gasteiger partial charge on any atom is -0.460 e. The summed E-state index contributed by atoms with van der Waals surface area (Å²) in [5.74, 6) is -0.0211. The van der Waals surface area contributed by atoms with Crippen LogP contribution in [0.15, 0.2) is 33.8 Å². The molecule has 1 aromatic rings. The predicted octanol–water partition coefficient (Wildman–Crippen LogP) is 4.00. The smallest absolute Gasteiger partial charge is 0.376 e. The molecule has 2 rings (SSSR count). The lowest BCUT2D eigenvalue weighted by molar-refractivity contribution is -0.136. The van der Waals surface area contributed by atoms with Gasteiger partial charge in [-0.2, -0.15) is 0 Å². The average molecular weight is 382 g/mol. The predicted molar refractivity (Wildman–Crippen MR) is 96.4 cm³/mol. The number of carbonyl (C=O) groups is 1. The molecule has 1 N–H and O–H groups in total. The highest BCUT2D eigenvalue weighted by atomic mass is 79.9. The van der Waals surface area contributed by atoms with Crippen LogP contribution in [-0.4, -0.2) is 35.4 Å². The Morgan fingerprint density at radius 3 is 2.48 bits per heavy atom. The number of ether oxygens (including phenoxy) is 1. The molecular formula is C17H24BrN3O2. The van der Waals surface area contributed by atoms with Gasteiger partial charge in [0, 0.05) is 16.6 Å². The number of nitrogens with one attached hydrogen (secondary N) is 1. The first-order chi connectivity index (χ1) is 11.0. The summed E-state index contributed by atoms with van der Waals surface area (Å²) in [5.41, 5.74) is 3.80. The molecule has 0 saturated carbocycles. The SMILES string of the molecule is CCOC(=O)/C(=N/Nc1ccc(Br)cc1)N1C(C)CCCC1C. The summed E-state index contributed by atoms with van der Waals surface area (Å²) in [7, 11) is 0. The number of amidine groups is 1. The summed E-state index contributed by atoms with van der Waals surface area (Å²) < 4.78 is 6.20. The average Bonchev–Trinajstić information content (AvgIpc) is 2.52. The van der Waals surface area contributed by atoms with Crippen LogP contribution >= 0.6 is 15.9 Å². The number of nitrogens with zero attached hydrogens (tertiary/aromatic N) is 2. The first-order valence-corrected chi connectivity index (χ1v) is 8.87. The van der Waals surface area contributed by atoms with Crippen LogP contribution in [0.4, 0.5) is 5.69 Å². The van der Waals surface area contributed by atoms with Gasteiger partial charge in [0.25, 0.3) is 0 Å². The number of hydrogen-bond acceptors (Lipinski definition) is 4. The minimum absolute atomic E-state index is 0.272. The van der Waals surface area contributed by atoms with Crippen LogP contribution in [0, 0.1) is 0 Å². The molecule has 2 unspecified atom stereocenters. The summed E-state index contributed by atoms with van der Waals surface area (Å²) in [4.78, 5) is 14.4. The second-order valence-electron chi connectivity index (χ2n) is 5.81. The highest BCUT2D eigenvalue weighted by molar-refractivity contribution is 9.10. The van der Waals surface area contributed by atoms with Crippen molar-refractivity contribution in [3.63, 3.8) is 0 Å². The number of likely N-dealkylation sites (tertiary alicyclic amines) is 1. The van der Waals surface area contributed by atoms with Gasteiger partial charge in [-0.1, -0.05) is 15.9 Å². The van der Waals surface area contributed by atoms with Crippen LogP contribution in [0.5, 0.6) is 0 Å². The first-order valence-electron chi connectivity index (χ1n) is 8.07. The Bertz CT molecular complexity index is 549. The fourth-order valence-electron chi connectivity index (χ4n) is 2.89. The Hall–Kier alpha value is -1.56. The molecule has 1 heterocycles. The molecule has 0 aromatic heterocycles. The number of hydrogen-bond donors (Lipinski definition) is 1. The van der Waals surface area contributed by atoms with E-state index in [0.717, 1.165) is 23.0 Å². The summed E-state index contributed by atoms with van der Waals surface area (Å²) in [6.45, 7) is 6.40. The molecule has 2 atom stereocenters. The van der Waals surface area contributed by atoms with Crippen LogP contribution < -0.4 is 5.43 Å². The van der Waals surface area contributed by atoms with Crippen molar-refractivity contribution in [3.8, 4) is 0 Å². The lowest BCUT2D eigenvalue weighted by Gasteiger charge is -2.40. The number of anilines is 1. The van der Waals surface area contributed by atoms with Crippen LogP contribution in [0.3, 0.4) is 0 Å². The van der Waals surface area contributed by atoms with Gasteiger partial charge in [-0.25, -0.2) is 4.79 Å². The highest BCUT2D eigenvalue weighted by Gasteiger charge is 2.32.